The highest BCUT2D eigenvalue weighted by Gasteiger charge is 2.18. The van der Waals surface area contributed by atoms with E-state index < -0.39 is 0 Å². The summed E-state index contributed by atoms with van der Waals surface area (Å²) in [6, 6.07) is 9.26. The molecule has 0 saturated heterocycles. The molecule has 5 heteroatoms. The van der Waals surface area contributed by atoms with E-state index >= 15 is 0 Å². The number of aryl methyl sites for hydroxylation is 2. The van der Waals surface area contributed by atoms with Gasteiger partial charge in [-0.2, -0.15) is 0 Å². The molecule has 0 aliphatic heterocycles. The van der Waals surface area contributed by atoms with Crippen LogP contribution in [0.4, 0.5) is 0 Å². The Morgan fingerprint density at radius 1 is 1.32 bits per heavy atom. The average Bonchev–Trinajstić information content (AvgIpc) is 2.63. The molecule has 0 aliphatic carbocycles. The summed E-state index contributed by atoms with van der Waals surface area (Å²) < 4.78 is 1.82. The molecule has 1 atom stereocenters. The second kappa shape index (κ2) is 6.89. The summed E-state index contributed by atoms with van der Waals surface area (Å²) in [4.78, 5) is 29.6. The lowest BCUT2D eigenvalue weighted by Crippen LogP contribution is -2.32. The first-order chi connectivity index (χ1) is 12.0. The number of fused-ring (bicyclic) bond motifs is 1. The van der Waals surface area contributed by atoms with Crippen LogP contribution in [0, 0.1) is 6.92 Å². The van der Waals surface area contributed by atoms with Gasteiger partial charge in [0.2, 0.25) is 5.43 Å². The van der Waals surface area contributed by atoms with Crippen molar-refractivity contribution in [2.75, 3.05) is 0 Å². The summed E-state index contributed by atoms with van der Waals surface area (Å²) in [6.45, 7) is 3.92. The first kappa shape index (κ1) is 16.9. The predicted molar refractivity (Wildman–Crippen MR) is 98.7 cm³/mol. The van der Waals surface area contributed by atoms with Crippen LogP contribution in [-0.2, 0) is 7.05 Å². The first-order valence-electron chi connectivity index (χ1n) is 8.32. The minimum Gasteiger partial charge on any atom is -0.350 e. The molecule has 0 fully saturated rings. The van der Waals surface area contributed by atoms with E-state index in [1.165, 1.54) is 0 Å². The lowest BCUT2D eigenvalue weighted by atomic mass is 10.1. The minimum atomic E-state index is -0.361. The van der Waals surface area contributed by atoms with Gasteiger partial charge in [-0.1, -0.05) is 24.6 Å². The zero-order chi connectivity index (χ0) is 18.0. The largest absolute Gasteiger partial charge is 0.350 e. The van der Waals surface area contributed by atoms with Crippen LogP contribution in [0.5, 0.6) is 0 Å². The number of carbonyl (C=O) groups is 1. The third-order valence-corrected chi connectivity index (χ3v) is 4.39. The Balaban J connectivity index is 2.00. The highest BCUT2D eigenvalue weighted by Crippen LogP contribution is 2.17. The molecule has 5 nitrogen and oxygen atoms in total. The number of amides is 1. The number of rotatable bonds is 4. The van der Waals surface area contributed by atoms with Crippen molar-refractivity contribution in [3.05, 3.63) is 75.8 Å². The molecule has 0 aliphatic rings. The SMILES string of the molecule is CC[C@H](NC(=O)c1cn(C)c2ccc(C)cc2c1=O)c1cccnc1. The van der Waals surface area contributed by atoms with E-state index in [4.69, 9.17) is 0 Å². The highest BCUT2D eigenvalue weighted by molar-refractivity contribution is 5.97. The van der Waals surface area contributed by atoms with Gasteiger partial charge in [-0.3, -0.25) is 14.6 Å². The van der Waals surface area contributed by atoms with E-state index in [1.807, 2.05) is 55.8 Å². The maximum Gasteiger partial charge on any atom is 0.257 e. The molecule has 1 N–H and O–H groups in total. The molecule has 1 aromatic carbocycles. The Kier molecular flexibility index (Phi) is 4.65. The molecule has 0 unspecified atom stereocenters. The van der Waals surface area contributed by atoms with Crippen molar-refractivity contribution < 1.29 is 4.79 Å². The summed E-state index contributed by atoms with van der Waals surface area (Å²) in [5, 5.41) is 3.51. The van der Waals surface area contributed by atoms with Crippen LogP contribution in [0.1, 0.15) is 40.9 Å². The molecule has 2 aromatic heterocycles. The summed E-state index contributed by atoms with van der Waals surface area (Å²) in [5.41, 5.74) is 2.64. The smallest absolute Gasteiger partial charge is 0.257 e. The van der Waals surface area contributed by atoms with Crippen LogP contribution in [-0.4, -0.2) is 15.5 Å². The summed E-state index contributed by atoms with van der Waals surface area (Å²) >= 11 is 0. The molecule has 2 heterocycles. The van der Waals surface area contributed by atoms with Crippen LogP contribution in [0.2, 0.25) is 0 Å². The lowest BCUT2D eigenvalue weighted by molar-refractivity contribution is 0.0934. The molecule has 0 radical (unpaired) electrons. The van der Waals surface area contributed by atoms with Gasteiger partial charge in [0.1, 0.15) is 5.56 Å². The Labute approximate surface area is 146 Å². The zero-order valence-corrected chi connectivity index (χ0v) is 14.6. The van der Waals surface area contributed by atoms with Crippen molar-refractivity contribution in [2.45, 2.75) is 26.3 Å². The van der Waals surface area contributed by atoms with E-state index in [9.17, 15) is 9.59 Å². The van der Waals surface area contributed by atoms with Gasteiger partial charge in [-0.25, -0.2) is 0 Å². The zero-order valence-electron chi connectivity index (χ0n) is 14.6. The van der Waals surface area contributed by atoms with Crippen LogP contribution in [0.25, 0.3) is 10.9 Å². The van der Waals surface area contributed by atoms with Crippen LogP contribution >= 0.6 is 0 Å². The number of aromatic nitrogens is 2. The molecule has 0 saturated carbocycles. The summed E-state index contributed by atoms with van der Waals surface area (Å²) in [5.74, 6) is -0.361. The van der Waals surface area contributed by atoms with Gasteiger partial charge in [0.05, 0.1) is 11.6 Å². The van der Waals surface area contributed by atoms with Gasteiger partial charge < -0.3 is 9.88 Å². The summed E-state index contributed by atoms with van der Waals surface area (Å²) in [6.07, 6.45) is 5.74. The van der Waals surface area contributed by atoms with Gasteiger partial charge in [-0.05, 0) is 37.1 Å². The number of nitrogens with one attached hydrogen (secondary N) is 1. The topological polar surface area (TPSA) is 64.0 Å². The molecule has 25 heavy (non-hydrogen) atoms. The number of pyridine rings is 2. The van der Waals surface area contributed by atoms with Crippen molar-refractivity contribution in [1.29, 1.82) is 0 Å². The van der Waals surface area contributed by atoms with Crippen molar-refractivity contribution in [3.8, 4) is 0 Å². The lowest BCUT2D eigenvalue weighted by Gasteiger charge is -2.17. The molecule has 3 rings (SSSR count). The fraction of sp³-hybridized carbons (Fsp3) is 0.250. The highest BCUT2D eigenvalue weighted by atomic mass is 16.2. The quantitative estimate of drug-likeness (QED) is 0.797. The van der Waals surface area contributed by atoms with Crippen molar-refractivity contribution in [1.82, 2.24) is 14.9 Å². The van der Waals surface area contributed by atoms with Gasteiger partial charge in [0.15, 0.2) is 0 Å². The number of carbonyl (C=O) groups excluding carboxylic acids is 1. The Bertz CT molecular complexity index is 977. The first-order valence-corrected chi connectivity index (χ1v) is 8.32. The van der Waals surface area contributed by atoms with E-state index in [0.717, 1.165) is 16.6 Å². The van der Waals surface area contributed by atoms with Crippen molar-refractivity contribution in [2.24, 2.45) is 7.05 Å². The minimum absolute atomic E-state index is 0.156. The Morgan fingerprint density at radius 3 is 2.80 bits per heavy atom. The third-order valence-electron chi connectivity index (χ3n) is 4.39. The van der Waals surface area contributed by atoms with Gasteiger partial charge in [-0.15, -0.1) is 0 Å². The van der Waals surface area contributed by atoms with E-state index in [-0.39, 0.29) is 22.9 Å². The Morgan fingerprint density at radius 2 is 2.12 bits per heavy atom. The maximum atomic E-state index is 12.8. The number of hydrogen-bond acceptors (Lipinski definition) is 3. The molecule has 128 valence electrons. The van der Waals surface area contributed by atoms with E-state index in [0.29, 0.717) is 11.8 Å². The monoisotopic (exact) mass is 335 g/mol. The van der Waals surface area contributed by atoms with E-state index in [1.54, 1.807) is 18.6 Å². The number of benzene rings is 1. The molecular formula is C20H21N3O2. The van der Waals surface area contributed by atoms with Gasteiger partial charge in [0, 0.05) is 31.0 Å². The molecule has 1 amide bonds. The molecule has 0 spiro atoms. The van der Waals surface area contributed by atoms with Gasteiger partial charge in [0.25, 0.3) is 5.91 Å². The van der Waals surface area contributed by atoms with Crippen molar-refractivity contribution >= 4 is 16.8 Å². The van der Waals surface area contributed by atoms with E-state index in [2.05, 4.69) is 10.3 Å². The predicted octanol–water partition coefficient (Wildman–Crippen LogP) is 3.12. The third kappa shape index (κ3) is 3.31. The van der Waals surface area contributed by atoms with Gasteiger partial charge >= 0.3 is 0 Å². The van der Waals surface area contributed by atoms with Crippen LogP contribution in [0.3, 0.4) is 0 Å². The Hall–Kier alpha value is -2.95. The molecule has 0 bridgehead atoms. The second-order valence-electron chi connectivity index (χ2n) is 6.22. The second-order valence-corrected chi connectivity index (χ2v) is 6.22. The molecule has 3 aromatic rings. The summed E-state index contributed by atoms with van der Waals surface area (Å²) in [7, 11) is 1.84. The number of nitrogens with zero attached hydrogens (tertiary/aromatic N) is 2. The normalized spacial score (nSPS) is 12.1. The average molecular weight is 335 g/mol. The van der Waals surface area contributed by atoms with Crippen LogP contribution in [0.15, 0.2) is 53.7 Å². The maximum absolute atomic E-state index is 12.8. The fourth-order valence-corrected chi connectivity index (χ4v) is 3.01. The van der Waals surface area contributed by atoms with Crippen molar-refractivity contribution in [3.63, 3.8) is 0 Å². The van der Waals surface area contributed by atoms with Crippen LogP contribution < -0.4 is 10.7 Å². The number of hydrogen-bond donors (Lipinski definition) is 1. The molecular weight excluding hydrogens is 314 g/mol. The standard InChI is InChI=1S/C20H21N3O2/c1-4-17(14-6-5-9-21-11-14)22-20(25)16-12-23(3)18-8-7-13(2)10-15(18)19(16)24/h5-12,17H,4H2,1-3H3,(H,22,25)/t17-/m0/s1. The fourth-order valence-electron chi connectivity index (χ4n) is 3.01.